The number of fused-ring (bicyclic) bond motifs is 7. The van der Waals surface area contributed by atoms with E-state index in [0.717, 1.165) is 94.1 Å². The van der Waals surface area contributed by atoms with E-state index >= 15 is 0 Å². The number of nitrogens with zero attached hydrogens (tertiary/aromatic N) is 6. The normalized spacial score (nSPS) is 11.5. The van der Waals surface area contributed by atoms with E-state index in [4.69, 9.17) is 19.9 Å². The molecule has 6 nitrogen and oxygen atoms in total. The second-order valence-electron chi connectivity index (χ2n) is 15.5. The minimum atomic E-state index is 0.547. The van der Waals surface area contributed by atoms with Crippen molar-refractivity contribution in [2.45, 2.75) is 0 Å². The van der Waals surface area contributed by atoms with Crippen LogP contribution in [-0.4, -0.2) is 29.1 Å². The number of para-hydroxylation sites is 3. The maximum Gasteiger partial charge on any atom is 0.238 e. The quantitative estimate of drug-likeness (QED) is 0.161. The molecule has 12 rings (SSSR count). The lowest BCUT2D eigenvalue weighted by Gasteiger charge is -2.17. The molecule has 0 atom stereocenters. The molecule has 0 amide bonds. The largest absolute Gasteiger partial charge is 0.306 e. The summed E-state index contributed by atoms with van der Waals surface area (Å²) in [4.78, 5) is 21.1. The van der Waals surface area contributed by atoms with Gasteiger partial charge < -0.3 is 4.57 Å². The molecular formula is C56H36N6. The molecule has 0 saturated carbocycles. The van der Waals surface area contributed by atoms with Crippen molar-refractivity contribution >= 4 is 43.6 Å². The van der Waals surface area contributed by atoms with Gasteiger partial charge in [0.25, 0.3) is 0 Å². The van der Waals surface area contributed by atoms with Crippen molar-refractivity contribution < 1.29 is 0 Å². The SMILES string of the molecule is c1ccc(-c2cc(-c3ccccc3)nc(-c3ccccc3-n3c4ccccc4c4ccc5c6ccccc6n(-c6nc(-c7ccccc7)nc(-c7ccccc7)n6)c5c43)c2)cc1. The molecular weight excluding hydrogens is 757 g/mol. The van der Waals surface area contributed by atoms with Crippen molar-refractivity contribution in [1.82, 2.24) is 29.1 Å². The van der Waals surface area contributed by atoms with E-state index in [1.165, 1.54) is 0 Å². The van der Waals surface area contributed by atoms with Crippen molar-refractivity contribution in [3.8, 4) is 68.1 Å². The van der Waals surface area contributed by atoms with E-state index in [1.54, 1.807) is 0 Å². The van der Waals surface area contributed by atoms with Crippen LogP contribution in [0.15, 0.2) is 218 Å². The molecule has 4 heterocycles. The second-order valence-corrected chi connectivity index (χ2v) is 15.5. The van der Waals surface area contributed by atoms with Crippen LogP contribution in [0.3, 0.4) is 0 Å². The number of aromatic nitrogens is 6. The van der Waals surface area contributed by atoms with Crippen LogP contribution in [0.2, 0.25) is 0 Å². The molecule has 0 fully saturated rings. The van der Waals surface area contributed by atoms with Crippen molar-refractivity contribution in [3.63, 3.8) is 0 Å². The molecule has 4 aromatic heterocycles. The summed E-state index contributed by atoms with van der Waals surface area (Å²) in [6, 6.07) is 76.2. The Balaban J connectivity index is 1.19. The summed E-state index contributed by atoms with van der Waals surface area (Å²) in [5.74, 6) is 1.76. The number of rotatable bonds is 7. The average Bonchev–Trinajstić information content (AvgIpc) is 3.88. The number of hydrogen-bond acceptors (Lipinski definition) is 4. The molecule has 0 N–H and O–H groups in total. The molecule has 0 aliphatic rings. The third kappa shape index (κ3) is 5.88. The first-order valence-corrected chi connectivity index (χ1v) is 20.8. The fourth-order valence-electron chi connectivity index (χ4n) is 8.96. The van der Waals surface area contributed by atoms with Gasteiger partial charge in [0.15, 0.2) is 11.6 Å². The molecule has 8 aromatic carbocycles. The Labute approximate surface area is 357 Å². The van der Waals surface area contributed by atoms with Crippen LogP contribution in [0.4, 0.5) is 0 Å². The Morgan fingerprint density at radius 1 is 0.290 bits per heavy atom. The first-order chi connectivity index (χ1) is 30.8. The molecule has 62 heavy (non-hydrogen) atoms. The smallest absolute Gasteiger partial charge is 0.238 e. The molecule has 0 unspecified atom stereocenters. The summed E-state index contributed by atoms with van der Waals surface area (Å²) in [6.07, 6.45) is 0. The van der Waals surface area contributed by atoms with E-state index in [-0.39, 0.29) is 0 Å². The number of pyridine rings is 1. The zero-order valence-electron chi connectivity index (χ0n) is 33.5. The highest BCUT2D eigenvalue weighted by Crippen LogP contribution is 2.43. The Morgan fingerprint density at radius 3 is 1.34 bits per heavy atom. The second kappa shape index (κ2) is 14.7. The van der Waals surface area contributed by atoms with Crippen molar-refractivity contribution in [3.05, 3.63) is 218 Å². The number of benzene rings is 8. The lowest BCUT2D eigenvalue weighted by Crippen LogP contribution is -2.07. The van der Waals surface area contributed by atoms with Gasteiger partial charge in [-0.05, 0) is 41.5 Å². The average molecular weight is 793 g/mol. The summed E-state index contributed by atoms with van der Waals surface area (Å²) < 4.78 is 4.67. The van der Waals surface area contributed by atoms with Gasteiger partial charge in [0.2, 0.25) is 5.95 Å². The monoisotopic (exact) mass is 792 g/mol. The molecule has 0 aliphatic carbocycles. The van der Waals surface area contributed by atoms with Crippen LogP contribution < -0.4 is 0 Å². The van der Waals surface area contributed by atoms with E-state index in [9.17, 15) is 0 Å². The van der Waals surface area contributed by atoms with Crippen molar-refractivity contribution in [1.29, 1.82) is 0 Å². The van der Waals surface area contributed by atoms with E-state index in [0.29, 0.717) is 17.6 Å². The fourth-order valence-corrected chi connectivity index (χ4v) is 8.96. The number of hydrogen-bond donors (Lipinski definition) is 0. The zero-order valence-corrected chi connectivity index (χ0v) is 33.5. The van der Waals surface area contributed by atoms with Crippen LogP contribution in [-0.2, 0) is 0 Å². The molecule has 0 spiro atoms. The molecule has 0 saturated heterocycles. The van der Waals surface area contributed by atoms with Crippen LogP contribution in [0.25, 0.3) is 112 Å². The van der Waals surface area contributed by atoms with Crippen molar-refractivity contribution in [2.75, 3.05) is 0 Å². The van der Waals surface area contributed by atoms with E-state index in [1.807, 2.05) is 42.5 Å². The fraction of sp³-hybridized carbons (Fsp3) is 0. The predicted molar refractivity (Wildman–Crippen MR) is 253 cm³/mol. The molecule has 0 bridgehead atoms. The summed E-state index contributed by atoms with van der Waals surface area (Å²) in [6.45, 7) is 0. The Morgan fingerprint density at radius 2 is 0.742 bits per heavy atom. The third-order valence-electron chi connectivity index (χ3n) is 11.8. The van der Waals surface area contributed by atoms with Gasteiger partial charge in [-0.25, -0.2) is 9.97 Å². The zero-order chi connectivity index (χ0) is 41.0. The lowest BCUT2D eigenvalue weighted by molar-refractivity contribution is 0.953. The van der Waals surface area contributed by atoms with Crippen molar-refractivity contribution in [2.24, 2.45) is 0 Å². The van der Waals surface area contributed by atoms with Gasteiger partial charge in [-0.2, -0.15) is 9.97 Å². The Kier molecular flexibility index (Phi) is 8.38. The van der Waals surface area contributed by atoms with E-state index in [2.05, 4.69) is 185 Å². The third-order valence-corrected chi connectivity index (χ3v) is 11.8. The molecule has 12 aromatic rings. The van der Waals surface area contributed by atoms with Gasteiger partial charge >= 0.3 is 0 Å². The first kappa shape index (κ1) is 35.5. The topological polar surface area (TPSA) is 61.4 Å². The predicted octanol–water partition coefficient (Wildman–Crippen LogP) is 13.8. The maximum absolute atomic E-state index is 5.42. The van der Waals surface area contributed by atoms with Crippen LogP contribution in [0, 0.1) is 0 Å². The van der Waals surface area contributed by atoms with Gasteiger partial charge in [0.05, 0.1) is 39.1 Å². The van der Waals surface area contributed by atoms with Gasteiger partial charge in [0, 0.05) is 43.8 Å². The highest BCUT2D eigenvalue weighted by atomic mass is 15.2. The Hall–Kier alpha value is -8.48. The highest BCUT2D eigenvalue weighted by Gasteiger charge is 2.25. The standard InChI is InChI=1S/C56H36N6/c1-5-19-37(20-6-1)41-35-47(38-21-7-2-8-22-38)57-48(36-41)46-29-15-18-32-51(46)61-49-30-16-13-27-42(49)44-33-34-45-43-28-14-17-31-50(43)62(53(45)52(44)61)56-59-54(39-23-9-3-10-24-39)58-55(60-56)40-25-11-4-12-26-40/h1-36H. The van der Waals surface area contributed by atoms with E-state index < -0.39 is 0 Å². The first-order valence-electron chi connectivity index (χ1n) is 20.8. The minimum absolute atomic E-state index is 0.547. The lowest BCUT2D eigenvalue weighted by atomic mass is 9.99. The van der Waals surface area contributed by atoms with Crippen LogP contribution in [0.5, 0.6) is 0 Å². The summed E-state index contributed by atoms with van der Waals surface area (Å²) in [5.41, 5.74) is 13.1. The maximum atomic E-state index is 5.42. The molecule has 290 valence electrons. The summed E-state index contributed by atoms with van der Waals surface area (Å²) in [7, 11) is 0. The Bertz CT molecular complexity index is 3500. The molecule has 0 radical (unpaired) electrons. The molecule has 0 aliphatic heterocycles. The van der Waals surface area contributed by atoms with Crippen LogP contribution >= 0.6 is 0 Å². The van der Waals surface area contributed by atoms with Gasteiger partial charge in [-0.15, -0.1) is 0 Å². The highest BCUT2D eigenvalue weighted by molar-refractivity contribution is 6.24. The summed E-state index contributed by atoms with van der Waals surface area (Å²) in [5, 5.41) is 4.50. The summed E-state index contributed by atoms with van der Waals surface area (Å²) >= 11 is 0. The van der Waals surface area contributed by atoms with Crippen LogP contribution in [0.1, 0.15) is 0 Å². The van der Waals surface area contributed by atoms with Gasteiger partial charge in [-0.1, -0.05) is 188 Å². The van der Waals surface area contributed by atoms with Gasteiger partial charge in [0.1, 0.15) is 0 Å². The van der Waals surface area contributed by atoms with Gasteiger partial charge in [-0.3, -0.25) is 4.57 Å². The minimum Gasteiger partial charge on any atom is -0.306 e. The molecule has 6 heteroatoms.